The Balaban J connectivity index is 0.836. The van der Waals surface area contributed by atoms with E-state index in [-0.39, 0.29) is 0 Å². The molecule has 0 aliphatic carbocycles. The molecular formula is C72H48N2O. The average Bonchev–Trinajstić information content (AvgIpc) is 4.04. The quantitative estimate of drug-likeness (QED) is 0.136. The van der Waals surface area contributed by atoms with Gasteiger partial charge in [0.1, 0.15) is 11.2 Å². The molecule has 0 aliphatic rings. The second kappa shape index (κ2) is 18.6. The molecule has 0 fully saturated rings. The topological polar surface area (TPSA) is 21.3 Å². The summed E-state index contributed by atoms with van der Waals surface area (Å²) in [6.07, 6.45) is 0. The Hall–Kier alpha value is -9.96. The van der Waals surface area contributed by atoms with E-state index in [0.717, 1.165) is 89.1 Å². The van der Waals surface area contributed by atoms with Crippen molar-refractivity contribution in [1.29, 1.82) is 0 Å². The second-order valence-corrected chi connectivity index (χ2v) is 19.2. The summed E-state index contributed by atoms with van der Waals surface area (Å²) in [5.74, 6) is 0. The summed E-state index contributed by atoms with van der Waals surface area (Å²) in [4.78, 5) is 2.34. The molecule has 75 heavy (non-hydrogen) atoms. The number of rotatable bonds is 10. The Labute approximate surface area is 436 Å². The summed E-state index contributed by atoms with van der Waals surface area (Å²) in [6, 6.07) is 105. The van der Waals surface area contributed by atoms with E-state index in [1.807, 2.05) is 6.07 Å². The van der Waals surface area contributed by atoms with Crippen LogP contribution in [0.25, 0.3) is 116 Å². The largest absolute Gasteiger partial charge is 0.455 e. The fourth-order valence-corrected chi connectivity index (χ4v) is 11.1. The monoisotopic (exact) mass is 956 g/mol. The van der Waals surface area contributed by atoms with Gasteiger partial charge < -0.3 is 13.9 Å². The first-order valence-corrected chi connectivity index (χ1v) is 25.6. The van der Waals surface area contributed by atoms with Crippen molar-refractivity contribution < 1.29 is 4.42 Å². The van der Waals surface area contributed by atoms with E-state index in [1.54, 1.807) is 0 Å². The molecule has 14 aromatic rings. The number of aromatic nitrogens is 1. The number of hydrogen-bond acceptors (Lipinski definition) is 2. The van der Waals surface area contributed by atoms with Crippen molar-refractivity contribution in [2.24, 2.45) is 0 Å². The number of furan rings is 1. The van der Waals surface area contributed by atoms with Gasteiger partial charge in [-0.2, -0.15) is 0 Å². The number of para-hydroxylation sites is 3. The first kappa shape index (κ1) is 43.8. The van der Waals surface area contributed by atoms with Crippen LogP contribution in [0.1, 0.15) is 0 Å². The maximum atomic E-state index is 6.58. The van der Waals surface area contributed by atoms with E-state index < -0.39 is 0 Å². The Morgan fingerprint density at radius 3 is 1.20 bits per heavy atom. The minimum atomic E-state index is 0.897. The lowest BCUT2D eigenvalue weighted by atomic mass is 9.98. The van der Waals surface area contributed by atoms with Crippen LogP contribution in [-0.2, 0) is 0 Å². The summed E-state index contributed by atoms with van der Waals surface area (Å²) in [5.41, 5.74) is 22.4. The Morgan fingerprint density at radius 2 is 0.640 bits per heavy atom. The van der Waals surface area contributed by atoms with E-state index in [9.17, 15) is 0 Å². The third-order valence-corrected chi connectivity index (χ3v) is 14.9. The van der Waals surface area contributed by atoms with Gasteiger partial charge in [-0.15, -0.1) is 0 Å². The van der Waals surface area contributed by atoms with E-state index in [0.29, 0.717) is 0 Å². The molecule has 0 unspecified atom stereocenters. The standard InChI is InChI=1S/C72H48N2O/c1-4-15-49(16-5-1)53-31-39-59(40-32-53)73(60-41-33-54(34-42-60)50-17-6-2-7-18-50)61-43-35-55(36-44-61)52-27-29-56(30-28-52)62-21-10-12-25-68(62)74-69-47-57(51-19-8-3-9-20-51)37-45-64(69)65-46-38-58(48-70(65)74)63-23-14-24-67-66-22-11-13-26-71(66)75-72(63)67/h1-48H. The van der Waals surface area contributed by atoms with Gasteiger partial charge in [0.25, 0.3) is 0 Å². The molecule has 0 atom stereocenters. The molecule has 0 aliphatic heterocycles. The highest BCUT2D eigenvalue weighted by Crippen LogP contribution is 2.43. The lowest BCUT2D eigenvalue weighted by Crippen LogP contribution is -2.09. The van der Waals surface area contributed by atoms with Crippen molar-refractivity contribution in [2.75, 3.05) is 4.90 Å². The summed E-state index contributed by atoms with van der Waals surface area (Å²) in [6.45, 7) is 0. The number of anilines is 3. The molecular weight excluding hydrogens is 909 g/mol. The Bertz CT molecular complexity index is 4260. The Morgan fingerprint density at radius 1 is 0.253 bits per heavy atom. The SMILES string of the molecule is c1ccc(-c2ccc(N(c3ccc(-c4ccccc4)cc3)c3ccc(-c4ccc(-c5ccccc5-n5c6cc(-c7ccccc7)ccc6c6ccc(-c7cccc8c7oc7ccccc78)cc65)cc4)cc3)cc2)cc1. The fraction of sp³-hybridized carbons (Fsp3) is 0. The molecule has 3 nitrogen and oxygen atoms in total. The maximum Gasteiger partial charge on any atom is 0.143 e. The van der Waals surface area contributed by atoms with E-state index in [1.165, 1.54) is 44.2 Å². The van der Waals surface area contributed by atoms with Crippen LogP contribution < -0.4 is 4.90 Å². The van der Waals surface area contributed by atoms with Crippen molar-refractivity contribution in [2.45, 2.75) is 0 Å². The summed E-state index contributed by atoms with van der Waals surface area (Å²) in [7, 11) is 0. The molecule has 0 N–H and O–H groups in total. The summed E-state index contributed by atoms with van der Waals surface area (Å²) >= 11 is 0. The highest BCUT2D eigenvalue weighted by Gasteiger charge is 2.20. The summed E-state index contributed by atoms with van der Waals surface area (Å²) < 4.78 is 9.05. The third kappa shape index (κ3) is 7.95. The van der Waals surface area contributed by atoms with Crippen molar-refractivity contribution in [1.82, 2.24) is 4.57 Å². The van der Waals surface area contributed by atoms with Crippen molar-refractivity contribution in [3.8, 4) is 72.4 Å². The molecule has 14 rings (SSSR count). The molecule has 0 saturated carbocycles. The molecule has 2 heterocycles. The molecule has 0 radical (unpaired) electrons. The predicted molar refractivity (Wildman–Crippen MR) is 315 cm³/mol. The van der Waals surface area contributed by atoms with Gasteiger partial charge in [-0.05, 0) is 116 Å². The minimum Gasteiger partial charge on any atom is -0.455 e. The van der Waals surface area contributed by atoms with Crippen LogP contribution in [0.5, 0.6) is 0 Å². The summed E-state index contributed by atoms with van der Waals surface area (Å²) in [5, 5.41) is 4.66. The zero-order chi connectivity index (χ0) is 49.7. The molecule has 0 saturated heterocycles. The number of benzene rings is 12. The predicted octanol–water partition coefficient (Wildman–Crippen LogP) is 20.2. The van der Waals surface area contributed by atoms with Crippen molar-refractivity contribution in [3.63, 3.8) is 0 Å². The molecule has 12 aromatic carbocycles. The second-order valence-electron chi connectivity index (χ2n) is 19.2. The highest BCUT2D eigenvalue weighted by molar-refractivity contribution is 6.14. The third-order valence-electron chi connectivity index (χ3n) is 14.9. The Kier molecular flexibility index (Phi) is 10.8. The van der Waals surface area contributed by atoms with Crippen LogP contribution in [0.3, 0.4) is 0 Å². The number of hydrogen-bond donors (Lipinski definition) is 0. The average molecular weight is 957 g/mol. The van der Waals surface area contributed by atoms with E-state index in [2.05, 4.69) is 295 Å². The van der Waals surface area contributed by atoms with Gasteiger partial charge >= 0.3 is 0 Å². The molecule has 352 valence electrons. The fourth-order valence-electron chi connectivity index (χ4n) is 11.1. The molecule has 0 bridgehead atoms. The van der Waals surface area contributed by atoms with Crippen molar-refractivity contribution >= 4 is 60.8 Å². The van der Waals surface area contributed by atoms with Crippen LogP contribution in [0, 0.1) is 0 Å². The molecule has 0 spiro atoms. The zero-order valence-corrected chi connectivity index (χ0v) is 41.0. The molecule has 2 aromatic heterocycles. The first-order chi connectivity index (χ1) is 37.2. The smallest absolute Gasteiger partial charge is 0.143 e. The molecule has 3 heteroatoms. The minimum absolute atomic E-state index is 0.897. The zero-order valence-electron chi connectivity index (χ0n) is 41.0. The van der Waals surface area contributed by atoms with E-state index >= 15 is 0 Å². The van der Waals surface area contributed by atoms with Crippen LogP contribution in [0.4, 0.5) is 17.1 Å². The van der Waals surface area contributed by atoms with Gasteiger partial charge in [0.05, 0.1) is 16.7 Å². The van der Waals surface area contributed by atoms with Gasteiger partial charge in [0, 0.05) is 49.7 Å². The first-order valence-electron chi connectivity index (χ1n) is 25.6. The number of fused-ring (bicyclic) bond motifs is 6. The lowest BCUT2D eigenvalue weighted by Gasteiger charge is -2.26. The van der Waals surface area contributed by atoms with Gasteiger partial charge in [-0.1, -0.05) is 231 Å². The van der Waals surface area contributed by atoms with Crippen molar-refractivity contribution in [3.05, 3.63) is 291 Å². The van der Waals surface area contributed by atoms with E-state index in [4.69, 9.17) is 4.42 Å². The normalized spacial score (nSPS) is 11.5. The van der Waals surface area contributed by atoms with Crippen LogP contribution in [0.15, 0.2) is 296 Å². The van der Waals surface area contributed by atoms with Crippen LogP contribution >= 0.6 is 0 Å². The lowest BCUT2D eigenvalue weighted by molar-refractivity contribution is 0.670. The van der Waals surface area contributed by atoms with Gasteiger partial charge in [-0.25, -0.2) is 0 Å². The maximum absolute atomic E-state index is 6.58. The van der Waals surface area contributed by atoms with Crippen LogP contribution in [0.2, 0.25) is 0 Å². The van der Waals surface area contributed by atoms with Gasteiger partial charge in [0.15, 0.2) is 0 Å². The van der Waals surface area contributed by atoms with Gasteiger partial charge in [-0.3, -0.25) is 0 Å². The molecule has 0 amide bonds. The number of nitrogens with zero attached hydrogens (tertiary/aromatic N) is 2. The van der Waals surface area contributed by atoms with Gasteiger partial charge in [0.2, 0.25) is 0 Å². The van der Waals surface area contributed by atoms with Crippen LogP contribution in [-0.4, -0.2) is 4.57 Å². The highest BCUT2D eigenvalue weighted by atomic mass is 16.3.